The van der Waals surface area contributed by atoms with E-state index in [1.165, 1.54) is 0 Å². The van der Waals surface area contributed by atoms with E-state index in [1.54, 1.807) is 11.3 Å². The van der Waals surface area contributed by atoms with Crippen molar-refractivity contribution in [2.75, 3.05) is 0 Å². The van der Waals surface area contributed by atoms with Gasteiger partial charge in [-0.3, -0.25) is 0 Å². The summed E-state index contributed by atoms with van der Waals surface area (Å²) in [5.74, 6) is 2.66. The first kappa shape index (κ1) is 14.4. The quantitative estimate of drug-likeness (QED) is 0.443. The summed E-state index contributed by atoms with van der Waals surface area (Å²) < 4.78 is 0. The standard InChI is InChI=1S/C15H17NOS/c1-4-13(9-8-12(3)7-6-10-17)14-11-18-15(5-2)16-14/h1,8-11H,5-7H2,2-3H3/b12-8+,13-9+. The second kappa shape index (κ2) is 7.62. The molecule has 0 fully saturated rings. The Morgan fingerprint density at radius 1 is 1.56 bits per heavy atom. The molecular formula is C15H17NOS. The van der Waals surface area contributed by atoms with Crippen LogP contribution in [0.5, 0.6) is 0 Å². The average molecular weight is 259 g/mol. The lowest BCUT2D eigenvalue weighted by molar-refractivity contribution is -0.107. The zero-order valence-electron chi connectivity index (χ0n) is 10.8. The summed E-state index contributed by atoms with van der Waals surface area (Å²) in [5, 5.41) is 3.08. The van der Waals surface area contributed by atoms with Gasteiger partial charge in [0.05, 0.1) is 16.3 Å². The Labute approximate surface area is 112 Å². The van der Waals surface area contributed by atoms with Gasteiger partial charge in [0.1, 0.15) is 6.29 Å². The lowest BCUT2D eigenvalue weighted by atomic mass is 10.1. The molecule has 0 spiro atoms. The van der Waals surface area contributed by atoms with Crippen molar-refractivity contribution >= 4 is 23.2 Å². The molecule has 0 bridgehead atoms. The summed E-state index contributed by atoms with van der Waals surface area (Å²) in [6.07, 6.45) is 12.5. The number of aldehydes is 1. The van der Waals surface area contributed by atoms with Crippen LogP contribution in [-0.2, 0) is 11.2 Å². The summed E-state index contributed by atoms with van der Waals surface area (Å²) in [7, 11) is 0. The first-order valence-electron chi connectivity index (χ1n) is 5.93. The molecule has 1 heterocycles. The van der Waals surface area contributed by atoms with Crippen molar-refractivity contribution in [3.8, 4) is 12.3 Å². The minimum Gasteiger partial charge on any atom is -0.303 e. The number of thiazole rings is 1. The van der Waals surface area contributed by atoms with E-state index in [9.17, 15) is 4.79 Å². The van der Waals surface area contributed by atoms with Crippen LogP contribution < -0.4 is 0 Å². The van der Waals surface area contributed by atoms with E-state index >= 15 is 0 Å². The third-order valence-electron chi connectivity index (χ3n) is 2.48. The lowest BCUT2D eigenvalue weighted by Crippen LogP contribution is -1.84. The number of allylic oxidation sites excluding steroid dienone is 4. The Kier molecular flexibility index (Phi) is 6.10. The van der Waals surface area contributed by atoms with E-state index in [-0.39, 0.29) is 0 Å². The molecule has 3 heteroatoms. The summed E-state index contributed by atoms with van der Waals surface area (Å²) >= 11 is 1.63. The summed E-state index contributed by atoms with van der Waals surface area (Å²) in [6.45, 7) is 4.07. The molecule has 0 aliphatic carbocycles. The smallest absolute Gasteiger partial charge is 0.120 e. The SMILES string of the molecule is C#C/C(=C\C=C(/C)CCC=O)c1csc(CC)n1. The highest BCUT2D eigenvalue weighted by Crippen LogP contribution is 2.18. The maximum atomic E-state index is 10.3. The molecule has 0 saturated heterocycles. The number of carbonyl (C=O) groups excluding carboxylic acids is 1. The monoisotopic (exact) mass is 259 g/mol. The third kappa shape index (κ3) is 4.31. The lowest BCUT2D eigenvalue weighted by Gasteiger charge is -1.96. The van der Waals surface area contributed by atoms with Crippen LogP contribution in [0.2, 0.25) is 0 Å². The van der Waals surface area contributed by atoms with E-state index in [0.717, 1.165) is 41.0 Å². The van der Waals surface area contributed by atoms with Gasteiger partial charge in [-0.1, -0.05) is 24.5 Å². The van der Waals surface area contributed by atoms with Crippen molar-refractivity contribution < 1.29 is 4.79 Å². The van der Waals surface area contributed by atoms with Gasteiger partial charge in [0.2, 0.25) is 0 Å². The van der Waals surface area contributed by atoms with Crippen LogP contribution in [0.1, 0.15) is 37.4 Å². The van der Waals surface area contributed by atoms with E-state index in [1.807, 2.05) is 24.5 Å². The molecule has 0 atom stereocenters. The van der Waals surface area contributed by atoms with Crippen molar-refractivity contribution in [1.82, 2.24) is 4.98 Å². The fraction of sp³-hybridized carbons (Fsp3) is 0.333. The van der Waals surface area contributed by atoms with Crippen molar-refractivity contribution in [2.45, 2.75) is 33.1 Å². The molecule has 18 heavy (non-hydrogen) atoms. The first-order chi connectivity index (χ1) is 8.71. The zero-order valence-corrected chi connectivity index (χ0v) is 11.6. The number of aryl methyl sites for hydroxylation is 1. The van der Waals surface area contributed by atoms with Crippen LogP contribution in [0.4, 0.5) is 0 Å². The fourth-order valence-corrected chi connectivity index (χ4v) is 2.14. The predicted molar refractivity (Wildman–Crippen MR) is 77.4 cm³/mol. The maximum Gasteiger partial charge on any atom is 0.120 e. The fourth-order valence-electron chi connectivity index (χ4n) is 1.40. The predicted octanol–water partition coefficient (Wildman–Crippen LogP) is 3.65. The van der Waals surface area contributed by atoms with Gasteiger partial charge >= 0.3 is 0 Å². The zero-order chi connectivity index (χ0) is 13.4. The Morgan fingerprint density at radius 3 is 2.89 bits per heavy atom. The van der Waals surface area contributed by atoms with Gasteiger partial charge in [0.15, 0.2) is 0 Å². The van der Waals surface area contributed by atoms with Crippen molar-refractivity contribution in [2.24, 2.45) is 0 Å². The largest absolute Gasteiger partial charge is 0.303 e. The summed E-state index contributed by atoms with van der Waals surface area (Å²) in [4.78, 5) is 14.7. The summed E-state index contributed by atoms with van der Waals surface area (Å²) in [5.41, 5.74) is 2.79. The molecule has 1 aromatic rings. The van der Waals surface area contributed by atoms with Crippen LogP contribution in [0.3, 0.4) is 0 Å². The van der Waals surface area contributed by atoms with Gasteiger partial charge in [0.25, 0.3) is 0 Å². The maximum absolute atomic E-state index is 10.3. The van der Waals surface area contributed by atoms with E-state index in [4.69, 9.17) is 6.42 Å². The van der Waals surface area contributed by atoms with Crippen LogP contribution >= 0.6 is 11.3 Å². The second-order valence-corrected chi connectivity index (χ2v) is 4.87. The summed E-state index contributed by atoms with van der Waals surface area (Å²) in [6, 6.07) is 0. The molecule has 0 saturated carbocycles. The molecule has 0 aliphatic rings. The molecule has 0 radical (unpaired) electrons. The highest BCUT2D eigenvalue weighted by atomic mass is 32.1. The minimum absolute atomic E-state index is 0.554. The second-order valence-electron chi connectivity index (χ2n) is 3.92. The van der Waals surface area contributed by atoms with Crippen molar-refractivity contribution in [3.63, 3.8) is 0 Å². The normalized spacial score (nSPS) is 12.3. The van der Waals surface area contributed by atoms with Gasteiger partial charge in [-0.2, -0.15) is 0 Å². The van der Waals surface area contributed by atoms with Gasteiger partial charge in [-0.25, -0.2) is 4.98 Å². The highest BCUT2D eigenvalue weighted by molar-refractivity contribution is 7.09. The number of hydrogen-bond donors (Lipinski definition) is 0. The first-order valence-corrected chi connectivity index (χ1v) is 6.81. The van der Waals surface area contributed by atoms with Crippen molar-refractivity contribution in [3.05, 3.63) is 33.8 Å². The molecule has 0 aromatic carbocycles. The minimum atomic E-state index is 0.554. The van der Waals surface area contributed by atoms with Crippen molar-refractivity contribution in [1.29, 1.82) is 0 Å². The molecule has 1 rings (SSSR count). The molecular weight excluding hydrogens is 242 g/mol. The van der Waals surface area contributed by atoms with Gasteiger partial charge in [-0.05, 0) is 25.8 Å². The average Bonchev–Trinajstić information content (AvgIpc) is 2.86. The third-order valence-corrected chi connectivity index (χ3v) is 3.47. The Morgan fingerprint density at radius 2 is 2.33 bits per heavy atom. The number of hydrogen-bond acceptors (Lipinski definition) is 3. The number of carbonyl (C=O) groups is 1. The van der Waals surface area contributed by atoms with Gasteiger partial charge in [-0.15, -0.1) is 17.8 Å². The topological polar surface area (TPSA) is 30.0 Å². The van der Waals surface area contributed by atoms with Crippen LogP contribution in [0, 0.1) is 12.3 Å². The van der Waals surface area contributed by atoms with Crippen LogP contribution in [0.25, 0.3) is 5.57 Å². The molecule has 0 unspecified atom stereocenters. The number of rotatable bonds is 6. The number of nitrogens with zero attached hydrogens (tertiary/aromatic N) is 1. The van der Waals surface area contributed by atoms with E-state index in [0.29, 0.717) is 6.42 Å². The Balaban J connectivity index is 2.83. The number of terminal acetylenes is 1. The highest BCUT2D eigenvalue weighted by Gasteiger charge is 2.03. The molecule has 0 amide bonds. The van der Waals surface area contributed by atoms with Gasteiger partial charge in [0, 0.05) is 11.8 Å². The molecule has 94 valence electrons. The van der Waals surface area contributed by atoms with Gasteiger partial charge < -0.3 is 4.79 Å². The molecule has 2 nitrogen and oxygen atoms in total. The van der Waals surface area contributed by atoms with Crippen LogP contribution in [0.15, 0.2) is 23.1 Å². The van der Waals surface area contributed by atoms with Crippen LogP contribution in [-0.4, -0.2) is 11.3 Å². The number of aromatic nitrogens is 1. The van der Waals surface area contributed by atoms with E-state index < -0.39 is 0 Å². The molecule has 0 aliphatic heterocycles. The molecule has 1 aromatic heterocycles. The molecule has 0 N–H and O–H groups in total. The Hall–Kier alpha value is -1.66. The Bertz CT molecular complexity index is 503. The van der Waals surface area contributed by atoms with E-state index in [2.05, 4.69) is 17.8 Å².